The van der Waals surface area contributed by atoms with Crippen molar-refractivity contribution in [2.24, 2.45) is 11.8 Å². The Kier molecular flexibility index (Phi) is 3.94. The van der Waals surface area contributed by atoms with Gasteiger partial charge in [-0.05, 0) is 43.4 Å². The van der Waals surface area contributed by atoms with Crippen LogP contribution >= 0.6 is 0 Å². The lowest BCUT2D eigenvalue weighted by Gasteiger charge is -2.34. The van der Waals surface area contributed by atoms with Gasteiger partial charge in [0.15, 0.2) is 0 Å². The van der Waals surface area contributed by atoms with Gasteiger partial charge in [-0.15, -0.1) is 0 Å². The largest absolute Gasteiger partial charge is 0.297 e. The van der Waals surface area contributed by atoms with Gasteiger partial charge < -0.3 is 0 Å². The number of piperidine rings is 1. The normalized spacial score (nSPS) is 22.6. The van der Waals surface area contributed by atoms with Gasteiger partial charge in [-0.25, -0.2) is 0 Å². The van der Waals surface area contributed by atoms with Crippen LogP contribution in [0.25, 0.3) is 0 Å². The summed E-state index contributed by atoms with van der Waals surface area (Å²) in [5, 5.41) is 0. The van der Waals surface area contributed by atoms with Gasteiger partial charge in [-0.3, -0.25) is 9.88 Å². The van der Waals surface area contributed by atoms with Gasteiger partial charge in [0.2, 0.25) is 0 Å². The molecule has 2 nitrogen and oxygen atoms in total. The molecule has 1 atom stereocenters. The maximum Gasteiger partial charge on any atom is 0.0543 e. The average Bonchev–Trinajstić information content (AvgIpc) is 2.30. The first kappa shape index (κ1) is 11.6. The highest BCUT2D eigenvalue weighted by Gasteiger charge is 2.22. The fourth-order valence-corrected chi connectivity index (χ4v) is 2.50. The van der Waals surface area contributed by atoms with Crippen molar-refractivity contribution >= 4 is 0 Å². The topological polar surface area (TPSA) is 16.1 Å². The molecule has 1 aromatic rings. The summed E-state index contributed by atoms with van der Waals surface area (Å²) in [5.41, 5.74) is 1.20. The molecule has 1 aliphatic rings. The predicted octanol–water partition coefficient (Wildman–Crippen LogP) is 2.95. The first-order valence-electron chi connectivity index (χ1n) is 6.38. The number of hydrogen-bond acceptors (Lipinski definition) is 2. The van der Waals surface area contributed by atoms with Crippen molar-refractivity contribution < 1.29 is 0 Å². The molecule has 0 aliphatic carbocycles. The molecule has 16 heavy (non-hydrogen) atoms. The number of rotatable bonds is 3. The minimum absolute atomic E-state index is 0.812. The Morgan fingerprint density at radius 1 is 1.44 bits per heavy atom. The predicted molar refractivity (Wildman–Crippen MR) is 67.1 cm³/mol. The van der Waals surface area contributed by atoms with Gasteiger partial charge >= 0.3 is 0 Å². The summed E-state index contributed by atoms with van der Waals surface area (Å²) < 4.78 is 0. The molecule has 0 saturated carbocycles. The molecule has 1 saturated heterocycles. The van der Waals surface area contributed by atoms with Crippen molar-refractivity contribution in [3.8, 4) is 0 Å². The molecule has 0 bridgehead atoms. The minimum Gasteiger partial charge on any atom is -0.297 e. The van der Waals surface area contributed by atoms with Crippen molar-refractivity contribution in [2.45, 2.75) is 33.2 Å². The van der Waals surface area contributed by atoms with Crippen LogP contribution in [0.4, 0.5) is 0 Å². The third kappa shape index (κ3) is 3.05. The van der Waals surface area contributed by atoms with Crippen molar-refractivity contribution in [3.05, 3.63) is 30.1 Å². The van der Waals surface area contributed by atoms with Crippen molar-refractivity contribution in [1.29, 1.82) is 0 Å². The van der Waals surface area contributed by atoms with Crippen molar-refractivity contribution in [3.63, 3.8) is 0 Å². The molecule has 2 heterocycles. The summed E-state index contributed by atoms with van der Waals surface area (Å²) in [4.78, 5) is 6.95. The van der Waals surface area contributed by atoms with Crippen LogP contribution in [0.2, 0.25) is 0 Å². The maximum atomic E-state index is 4.40. The molecule has 2 heteroatoms. The monoisotopic (exact) mass is 218 g/mol. The third-order valence-corrected chi connectivity index (χ3v) is 3.60. The Balaban J connectivity index is 1.90. The Morgan fingerprint density at radius 2 is 2.31 bits per heavy atom. The molecule has 0 N–H and O–H groups in total. The van der Waals surface area contributed by atoms with E-state index in [1.807, 2.05) is 12.3 Å². The Hall–Kier alpha value is -0.890. The summed E-state index contributed by atoms with van der Waals surface area (Å²) in [6.45, 7) is 8.18. The van der Waals surface area contributed by atoms with E-state index >= 15 is 0 Å². The van der Waals surface area contributed by atoms with Crippen molar-refractivity contribution in [1.82, 2.24) is 9.88 Å². The molecule has 1 aliphatic heterocycles. The average molecular weight is 218 g/mol. The molecule has 0 amide bonds. The zero-order valence-corrected chi connectivity index (χ0v) is 10.4. The molecule has 0 aromatic carbocycles. The Bertz CT molecular complexity index is 308. The first-order valence-corrected chi connectivity index (χ1v) is 6.38. The highest BCUT2D eigenvalue weighted by atomic mass is 15.1. The van der Waals surface area contributed by atoms with E-state index in [4.69, 9.17) is 0 Å². The minimum atomic E-state index is 0.812. The second kappa shape index (κ2) is 5.44. The highest BCUT2D eigenvalue weighted by molar-refractivity contribution is 5.03. The number of hydrogen-bond donors (Lipinski definition) is 0. The third-order valence-electron chi connectivity index (χ3n) is 3.60. The summed E-state index contributed by atoms with van der Waals surface area (Å²) in [6.07, 6.45) is 4.63. The van der Waals surface area contributed by atoms with Gasteiger partial charge in [0, 0.05) is 19.3 Å². The van der Waals surface area contributed by atoms with E-state index in [2.05, 4.69) is 35.9 Å². The molecule has 0 radical (unpaired) electrons. The van der Waals surface area contributed by atoms with E-state index in [-0.39, 0.29) is 0 Å². The van der Waals surface area contributed by atoms with Crippen LogP contribution < -0.4 is 0 Å². The summed E-state index contributed by atoms with van der Waals surface area (Å²) >= 11 is 0. The SMILES string of the molecule is CC(C)[C@@H]1CCCN(Cc2ccccn2)C1. The van der Waals surface area contributed by atoms with Gasteiger partial charge in [0.05, 0.1) is 5.69 Å². The smallest absolute Gasteiger partial charge is 0.0543 e. The Labute approximate surface area is 98.7 Å². The van der Waals surface area contributed by atoms with Crippen LogP contribution in [0.5, 0.6) is 0 Å². The number of aromatic nitrogens is 1. The summed E-state index contributed by atoms with van der Waals surface area (Å²) in [5.74, 6) is 1.68. The van der Waals surface area contributed by atoms with Crippen LogP contribution in [-0.2, 0) is 6.54 Å². The molecule has 0 unspecified atom stereocenters. The van der Waals surface area contributed by atoms with Gasteiger partial charge in [-0.1, -0.05) is 19.9 Å². The van der Waals surface area contributed by atoms with E-state index in [0.29, 0.717) is 0 Å². The molecule has 0 spiro atoms. The maximum absolute atomic E-state index is 4.40. The highest BCUT2D eigenvalue weighted by Crippen LogP contribution is 2.24. The number of likely N-dealkylation sites (tertiary alicyclic amines) is 1. The lowest BCUT2D eigenvalue weighted by molar-refractivity contribution is 0.138. The second-order valence-electron chi connectivity index (χ2n) is 5.20. The van der Waals surface area contributed by atoms with E-state index in [0.717, 1.165) is 18.4 Å². The zero-order chi connectivity index (χ0) is 11.4. The zero-order valence-electron chi connectivity index (χ0n) is 10.4. The van der Waals surface area contributed by atoms with E-state index < -0.39 is 0 Å². The standard InChI is InChI=1S/C14H22N2/c1-12(2)13-6-5-9-16(10-13)11-14-7-3-4-8-15-14/h3-4,7-8,12-13H,5-6,9-11H2,1-2H3/t13-/m1/s1. The second-order valence-corrected chi connectivity index (χ2v) is 5.20. The van der Waals surface area contributed by atoms with Crippen LogP contribution in [0.15, 0.2) is 24.4 Å². The quantitative estimate of drug-likeness (QED) is 0.775. The lowest BCUT2D eigenvalue weighted by Crippen LogP contribution is -2.37. The van der Waals surface area contributed by atoms with E-state index in [1.54, 1.807) is 0 Å². The molecule has 1 fully saturated rings. The van der Waals surface area contributed by atoms with E-state index in [9.17, 15) is 0 Å². The molecular formula is C14H22N2. The van der Waals surface area contributed by atoms with Crippen LogP contribution in [-0.4, -0.2) is 23.0 Å². The molecule has 1 aromatic heterocycles. The fourth-order valence-electron chi connectivity index (χ4n) is 2.50. The van der Waals surface area contributed by atoms with E-state index in [1.165, 1.54) is 31.6 Å². The Morgan fingerprint density at radius 3 is 3.00 bits per heavy atom. The number of pyridine rings is 1. The summed E-state index contributed by atoms with van der Waals surface area (Å²) in [6, 6.07) is 6.18. The molecule has 2 rings (SSSR count). The van der Waals surface area contributed by atoms with Crippen molar-refractivity contribution in [2.75, 3.05) is 13.1 Å². The summed E-state index contributed by atoms with van der Waals surface area (Å²) in [7, 11) is 0. The fraction of sp³-hybridized carbons (Fsp3) is 0.643. The van der Waals surface area contributed by atoms with Crippen LogP contribution in [0, 0.1) is 11.8 Å². The molecular weight excluding hydrogens is 196 g/mol. The lowest BCUT2D eigenvalue weighted by atomic mass is 9.88. The first-order chi connectivity index (χ1) is 7.75. The van der Waals surface area contributed by atoms with Crippen LogP contribution in [0.3, 0.4) is 0 Å². The van der Waals surface area contributed by atoms with Gasteiger partial charge in [0.25, 0.3) is 0 Å². The molecule has 88 valence electrons. The van der Waals surface area contributed by atoms with Gasteiger partial charge in [-0.2, -0.15) is 0 Å². The van der Waals surface area contributed by atoms with Gasteiger partial charge in [0.1, 0.15) is 0 Å². The number of nitrogens with zero attached hydrogens (tertiary/aromatic N) is 2. The van der Waals surface area contributed by atoms with Crippen LogP contribution in [0.1, 0.15) is 32.4 Å².